The van der Waals surface area contributed by atoms with Crippen LogP contribution in [-0.4, -0.2) is 5.78 Å². The number of hydrogen-bond donors (Lipinski definition) is 0. The first-order valence-corrected chi connectivity index (χ1v) is 5.58. The Bertz CT molecular complexity index is 251. The van der Waals surface area contributed by atoms with Gasteiger partial charge in [0.15, 0.2) is 0 Å². The number of carbonyl (C=O) groups excluding carboxylic acids is 1. The lowest BCUT2D eigenvalue weighted by Gasteiger charge is -2.07. The van der Waals surface area contributed by atoms with Crippen LogP contribution in [0.1, 0.15) is 31.6 Å². The molecule has 2 heteroatoms. The number of carbonyl (C=O) groups is 1. The third-order valence-electron chi connectivity index (χ3n) is 2.10. The zero-order valence-electron chi connectivity index (χ0n) is 8.25. The second kappa shape index (κ2) is 5.18. The summed E-state index contributed by atoms with van der Waals surface area (Å²) < 4.78 is 0. The minimum Gasteiger partial charge on any atom is -0.300 e. The maximum Gasteiger partial charge on any atom is 0.130 e. The highest BCUT2D eigenvalue weighted by Crippen LogP contribution is 2.16. The van der Waals surface area contributed by atoms with Crippen LogP contribution in [0.5, 0.6) is 0 Å². The molecule has 0 N–H and O–H groups in total. The van der Waals surface area contributed by atoms with E-state index >= 15 is 0 Å². The molecule has 0 bridgehead atoms. The number of rotatable bonds is 5. The molecule has 13 heavy (non-hydrogen) atoms. The van der Waals surface area contributed by atoms with Crippen molar-refractivity contribution in [3.05, 3.63) is 22.4 Å². The largest absolute Gasteiger partial charge is 0.300 e. The van der Waals surface area contributed by atoms with Crippen LogP contribution in [0, 0.1) is 5.92 Å². The van der Waals surface area contributed by atoms with Crippen molar-refractivity contribution in [1.29, 1.82) is 0 Å². The van der Waals surface area contributed by atoms with Crippen molar-refractivity contribution < 1.29 is 4.79 Å². The third kappa shape index (κ3) is 4.23. The van der Waals surface area contributed by atoms with Crippen molar-refractivity contribution in [1.82, 2.24) is 0 Å². The average molecular weight is 196 g/mol. The second-order valence-corrected chi connectivity index (χ2v) is 4.66. The van der Waals surface area contributed by atoms with Crippen LogP contribution in [-0.2, 0) is 11.2 Å². The van der Waals surface area contributed by atoms with Crippen molar-refractivity contribution in [2.75, 3.05) is 0 Å². The molecule has 1 nitrogen and oxygen atoms in total. The van der Waals surface area contributed by atoms with Crippen molar-refractivity contribution in [2.24, 2.45) is 5.92 Å². The number of thiophene rings is 1. The molecule has 0 aliphatic heterocycles. The average Bonchev–Trinajstić information content (AvgIpc) is 2.51. The van der Waals surface area contributed by atoms with Gasteiger partial charge in [-0.25, -0.2) is 0 Å². The number of Topliss-reactive ketones (excluding diaryl/α,β-unsaturated/α-hetero) is 1. The zero-order chi connectivity index (χ0) is 9.68. The smallest absolute Gasteiger partial charge is 0.130 e. The normalized spacial score (nSPS) is 12.8. The third-order valence-corrected chi connectivity index (χ3v) is 3.04. The summed E-state index contributed by atoms with van der Waals surface area (Å²) in [4.78, 5) is 12.2. The van der Waals surface area contributed by atoms with E-state index in [2.05, 4.69) is 24.4 Å². The molecule has 0 radical (unpaired) electrons. The van der Waals surface area contributed by atoms with Crippen molar-refractivity contribution in [3.63, 3.8) is 0 Å². The van der Waals surface area contributed by atoms with Crippen LogP contribution in [0.4, 0.5) is 0 Å². The summed E-state index contributed by atoms with van der Waals surface area (Å²) in [5.41, 5.74) is 0. The molecule has 1 aromatic rings. The molecule has 1 aromatic heterocycles. The summed E-state index contributed by atoms with van der Waals surface area (Å²) in [6.07, 6.45) is 2.97. The van der Waals surface area contributed by atoms with E-state index < -0.39 is 0 Å². The lowest BCUT2D eigenvalue weighted by molar-refractivity contribution is -0.117. The summed E-state index contributed by atoms with van der Waals surface area (Å²) in [6, 6.07) is 4.24. The van der Waals surface area contributed by atoms with E-state index in [1.807, 2.05) is 0 Å². The van der Waals surface area contributed by atoms with Crippen molar-refractivity contribution in [3.8, 4) is 0 Å². The molecule has 1 atom stereocenters. The van der Waals surface area contributed by atoms with Gasteiger partial charge in [-0.3, -0.25) is 0 Å². The van der Waals surface area contributed by atoms with Gasteiger partial charge in [0.05, 0.1) is 0 Å². The lowest BCUT2D eigenvalue weighted by Crippen LogP contribution is -2.02. The zero-order valence-corrected chi connectivity index (χ0v) is 9.06. The fraction of sp³-hybridized carbons (Fsp3) is 0.545. The van der Waals surface area contributed by atoms with E-state index in [4.69, 9.17) is 0 Å². The highest BCUT2D eigenvalue weighted by atomic mass is 32.1. The van der Waals surface area contributed by atoms with Gasteiger partial charge in [-0.05, 0) is 37.1 Å². The number of hydrogen-bond acceptors (Lipinski definition) is 2. The van der Waals surface area contributed by atoms with Gasteiger partial charge < -0.3 is 4.79 Å². The first kappa shape index (κ1) is 10.5. The maximum absolute atomic E-state index is 10.8. The Morgan fingerprint density at radius 3 is 2.92 bits per heavy atom. The van der Waals surface area contributed by atoms with Crippen LogP contribution < -0.4 is 0 Å². The van der Waals surface area contributed by atoms with Crippen LogP contribution in [0.2, 0.25) is 0 Å². The maximum atomic E-state index is 10.8. The Kier molecular flexibility index (Phi) is 4.16. The SMILES string of the molecule is CC(=O)CC(C)CCc1cccs1. The quantitative estimate of drug-likeness (QED) is 0.706. The molecule has 0 spiro atoms. The van der Waals surface area contributed by atoms with E-state index in [-0.39, 0.29) is 0 Å². The van der Waals surface area contributed by atoms with Gasteiger partial charge in [-0.15, -0.1) is 11.3 Å². The van der Waals surface area contributed by atoms with Gasteiger partial charge in [0, 0.05) is 11.3 Å². The Labute approximate surface area is 83.8 Å². The van der Waals surface area contributed by atoms with E-state index in [1.165, 1.54) is 4.88 Å². The Morgan fingerprint density at radius 1 is 1.62 bits per heavy atom. The lowest BCUT2D eigenvalue weighted by atomic mass is 9.99. The molecule has 1 heterocycles. The molecule has 0 aliphatic rings. The second-order valence-electron chi connectivity index (χ2n) is 3.63. The van der Waals surface area contributed by atoms with Gasteiger partial charge in [-0.2, -0.15) is 0 Å². The fourth-order valence-corrected chi connectivity index (χ4v) is 2.16. The molecule has 0 amide bonds. The molecular formula is C11H16OS. The van der Waals surface area contributed by atoms with Gasteiger partial charge in [0.25, 0.3) is 0 Å². The minimum absolute atomic E-state index is 0.304. The number of aryl methyl sites for hydroxylation is 1. The summed E-state index contributed by atoms with van der Waals surface area (Å²) >= 11 is 1.80. The molecule has 0 saturated carbocycles. The Balaban J connectivity index is 2.22. The summed E-state index contributed by atoms with van der Waals surface area (Å²) in [6.45, 7) is 3.82. The highest BCUT2D eigenvalue weighted by molar-refractivity contribution is 7.09. The summed E-state index contributed by atoms with van der Waals surface area (Å²) in [5.74, 6) is 0.832. The Morgan fingerprint density at radius 2 is 2.38 bits per heavy atom. The molecule has 0 aromatic carbocycles. The van der Waals surface area contributed by atoms with E-state index in [0.29, 0.717) is 11.7 Å². The van der Waals surface area contributed by atoms with E-state index in [0.717, 1.165) is 19.3 Å². The van der Waals surface area contributed by atoms with Gasteiger partial charge in [0.1, 0.15) is 5.78 Å². The van der Waals surface area contributed by atoms with Gasteiger partial charge in [-0.1, -0.05) is 13.0 Å². The first-order valence-electron chi connectivity index (χ1n) is 4.70. The minimum atomic E-state index is 0.304. The first-order chi connectivity index (χ1) is 6.18. The monoisotopic (exact) mass is 196 g/mol. The Hall–Kier alpha value is -0.630. The molecule has 0 saturated heterocycles. The summed E-state index contributed by atoms with van der Waals surface area (Å²) in [7, 11) is 0. The molecule has 72 valence electrons. The van der Waals surface area contributed by atoms with Crippen LogP contribution in [0.3, 0.4) is 0 Å². The van der Waals surface area contributed by atoms with Crippen LogP contribution in [0.15, 0.2) is 17.5 Å². The topological polar surface area (TPSA) is 17.1 Å². The highest BCUT2D eigenvalue weighted by Gasteiger charge is 2.05. The molecule has 1 unspecified atom stereocenters. The van der Waals surface area contributed by atoms with Gasteiger partial charge >= 0.3 is 0 Å². The van der Waals surface area contributed by atoms with E-state index in [1.54, 1.807) is 18.3 Å². The summed E-state index contributed by atoms with van der Waals surface area (Å²) in [5, 5.41) is 2.10. The van der Waals surface area contributed by atoms with E-state index in [9.17, 15) is 4.79 Å². The van der Waals surface area contributed by atoms with Crippen molar-refractivity contribution >= 4 is 17.1 Å². The predicted molar refractivity (Wildman–Crippen MR) is 57.1 cm³/mol. The van der Waals surface area contributed by atoms with Crippen LogP contribution >= 0.6 is 11.3 Å². The molecular weight excluding hydrogens is 180 g/mol. The van der Waals surface area contributed by atoms with Crippen LogP contribution in [0.25, 0.3) is 0 Å². The molecule has 1 rings (SSSR count). The fourth-order valence-electron chi connectivity index (χ4n) is 1.44. The number of ketones is 1. The standard InChI is InChI=1S/C11H16OS/c1-9(8-10(2)12)5-6-11-4-3-7-13-11/h3-4,7,9H,5-6,8H2,1-2H3. The predicted octanol–water partition coefficient (Wildman–Crippen LogP) is 3.30. The molecule has 0 fully saturated rings. The molecule has 0 aliphatic carbocycles. The van der Waals surface area contributed by atoms with Gasteiger partial charge in [0.2, 0.25) is 0 Å². The van der Waals surface area contributed by atoms with Crippen molar-refractivity contribution in [2.45, 2.75) is 33.1 Å².